The third-order valence-electron chi connectivity index (χ3n) is 3.27. The molecule has 0 radical (unpaired) electrons. The molecule has 0 aliphatic rings. The quantitative estimate of drug-likeness (QED) is 0.868. The molecule has 0 saturated heterocycles. The van der Waals surface area contributed by atoms with Crippen molar-refractivity contribution < 1.29 is 4.42 Å². The number of anilines is 1. The molecule has 1 heterocycles. The maximum absolute atomic E-state index is 5.85. The van der Waals surface area contributed by atoms with Gasteiger partial charge in [0.1, 0.15) is 11.5 Å². The van der Waals surface area contributed by atoms with E-state index >= 15 is 0 Å². The lowest BCUT2D eigenvalue weighted by Gasteiger charge is -2.18. The molecular weight excluding hydrogens is 248 g/mol. The second-order valence-corrected chi connectivity index (χ2v) is 5.60. The van der Waals surface area contributed by atoms with E-state index in [1.807, 2.05) is 6.07 Å². The highest BCUT2D eigenvalue weighted by Gasteiger charge is 2.07. The number of rotatable bonds is 6. The minimum absolute atomic E-state index is 0.471. The minimum atomic E-state index is 0.471. The molecule has 0 aliphatic carbocycles. The first-order valence-corrected chi connectivity index (χ1v) is 7.13. The van der Waals surface area contributed by atoms with Gasteiger partial charge in [0.25, 0.3) is 0 Å². The first kappa shape index (κ1) is 14.7. The molecule has 1 aromatic heterocycles. The van der Waals surface area contributed by atoms with Gasteiger partial charge in [0, 0.05) is 18.8 Å². The summed E-state index contributed by atoms with van der Waals surface area (Å²) >= 11 is 0. The standard InChI is InChI=1S/C17H24N2O/c1-13(2)18-11-16-9-10-17(20-16)12-19(4)15-7-5-14(3)6-8-15/h5-10,13,18H,11-12H2,1-4H3. The van der Waals surface area contributed by atoms with Crippen LogP contribution in [-0.2, 0) is 13.1 Å². The zero-order valence-corrected chi connectivity index (χ0v) is 12.8. The van der Waals surface area contributed by atoms with Crippen LogP contribution < -0.4 is 10.2 Å². The number of benzene rings is 1. The van der Waals surface area contributed by atoms with Gasteiger partial charge in [-0.15, -0.1) is 0 Å². The first-order chi connectivity index (χ1) is 9.54. The molecule has 2 aromatic rings. The van der Waals surface area contributed by atoms with E-state index in [2.05, 4.69) is 68.4 Å². The number of aryl methyl sites for hydroxylation is 1. The zero-order valence-electron chi connectivity index (χ0n) is 12.8. The molecule has 3 heteroatoms. The van der Waals surface area contributed by atoms with Gasteiger partial charge in [0.05, 0.1) is 13.1 Å². The molecule has 3 nitrogen and oxygen atoms in total. The van der Waals surface area contributed by atoms with Gasteiger partial charge in [0.15, 0.2) is 0 Å². The van der Waals surface area contributed by atoms with E-state index in [1.165, 1.54) is 11.3 Å². The van der Waals surface area contributed by atoms with E-state index in [4.69, 9.17) is 4.42 Å². The van der Waals surface area contributed by atoms with Gasteiger partial charge < -0.3 is 14.6 Å². The van der Waals surface area contributed by atoms with E-state index < -0.39 is 0 Å². The van der Waals surface area contributed by atoms with E-state index in [0.29, 0.717) is 6.04 Å². The van der Waals surface area contributed by atoms with Crippen molar-refractivity contribution in [2.75, 3.05) is 11.9 Å². The molecule has 0 atom stereocenters. The number of furan rings is 1. The van der Waals surface area contributed by atoms with Crippen molar-refractivity contribution in [2.24, 2.45) is 0 Å². The van der Waals surface area contributed by atoms with Gasteiger partial charge in [-0.2, -0.15) is 0 Å². The van der Waals surface area contributed by atoms with Crippen LogP contribution in [0, 0.1) is 6.92 Å². The van der Waals surface area contributed by atoms with E-state index in [1.54, 1.807) is 0 Å². The van der Waals surface area contributed by atoms with Crippen molar-refractivity contribution in [3.8, 4) is 0 Å². The molecule has 0 amide bonds. The van der Waals surface area contributed by atoms with Crippen molar-refractivity contribution in [2.45, 2.75) is 39.9 Å². The van der Waals surface area contributed by atoms with Crippen LogP contribution in [0.25, 0.3) is 0 Å². The number of hydrogen-bond donors (Lipinski definition) is 1. The molecule has 2 rings (SSSR count). The van der Waals surface area contributed by atoms with Crippen LogP contribution in [-0.4, -0.2) is 13.1 Å². The predicted molar refractivity (Wildman–Crippen MR) is 84.0 cm³/mol. The van der Waals surface area contributed by atoms with Crippen molar-refractivity contribution in [3.63, 3.8) is 0 Å². The fourth-order valence-corrected chi connectivity index (χ4v) is 2.03. The highest BCUT2D eigenvalue weighted by Crippen LogP contribution is 2.17. The summed E-state index contributed by atoms with van der Waals surface area (Å²) in [5.41, 5.74) is 2.48. The largest absolute Gasteiger partial charge is 0.463 e. The van der Waals surface area contributed by atoms with E-state index in [-0.39, 0.29) is 0 Å². The van der Waals surface area contributed by atoms with Gasteiger partial charge >= 0.3 is 0 Å². The highest BCUT2D eigenvalue weighted by atomic mass is 16.3. The second-order valence-electron chi connectivity index (χ2n) is 5.60. The molecule has 0 bridgehead atoms. The number of nitrogens with zero attached hydrogens (tertiary/aromatic N) is 1. The first-order valence-electron chi connectivity index (χ1n) is 7.13. The smallest absolute Gasteiger partial charge is 0.123 e. The van der Waals surface area contributed by atoms with Gasteiger partial charge in [-0.3, -0.25) is 0 Å². The van der Waals surface area contributed by atoms with Crippen LogP contribution in [0.4, 0.5) is 5.69 Å². The molecule has 0 saturated carbocycles. The van der Waals surface area contributed by atoms with Gasteiger partial charge in [-0.05, 0) is 31.2 Å². The minimum Gasteiger partial charge on any atom is -0.463 e. The maximum Gasteiger partial charge on any atom is 0.123 e. The zero-order chi connectivity index (χ0) is 14.5. The Balaban J connectivity index is 1.94. The normalized spacial score (nSPS) is 11.1. The lowest BCUT2D eigenvalue weighted by atomic mass is 10.2. The topological polar surface area (TPSA) is 28.4 Å². The van der Waals surface area contributed by atoms with Crippen molar-refractivity contribution in [1.82, 2.24) is 5.32 Å². The third kappa shape index (κ3) is 4.14. The predicted octanol–water partition coefficient (Wildman–Crippen LogP) is 3.72. The summed E-state index contributed by atoms with van der Waals surface area (Å²) in [5.74, 6) is 1.99. The Morgan fingerprint density at radius 3 is 2.35 bits per heavy atom. The summed E-state index contributed by atoms with van der Waals surface area (Å²) in [6, 6.07) is 13.1. The number of nitrogens with one attached hydrogen (secondary N) is 1. The van der Waals surface area contributed by atoms with E-state index in [9.17, 15) is 0 Å². The molecule has 1 N–H and O–H groups in total. The summed E-state index contributed by atoms with van der Waals surface area (Å²) < 4.78 is 5.85. The Hall–Kier alpha value is -1.74. The van der Waals surface area contributed by atoms with Crippen LogP contribution in [0.1, 0.15) is 30.9 Å². The third-order valence-corrected chi connectivity index (χ3v) is 3.27. The molecule has 0 unspecified atom stereocenters. The molecule has 0 fully saturated rings. The van der Waals surface area contributed by atoms with Crippen LogP contribution >= 0.6 is 0 Å². The van der Waals surface area contributed by atoms with Crippen LogP contribution in [0.15, 0.2) is 40.8 Å². The molecule has 0 spiro atoms. The summed E-state index contributed by atoms with van der Waals surface area (Å²) in [4.78, 5) is 2.19. The summed E-state index contributed by atoms with van der Waals surface area (Å²) in [6.07, 6.45) is 0. The summed E-state index contributed by atoms with van der Waals surface area (Å²) in [6.45, 7) is 7.94. The highest BCUT2D eigenvalue weighted by molar-refractivity contribution is 5.46. The molecule has 108 valence electrons. The van der Waals surface area contributed by atoms with Crippen molar-refractivity contribution in [3.05, 3.63) is 53.5 Å². The Labute approximate surface area is 121 Å². The SMILES string of the molecule is Cc1ccc(N(C)Cc2ccc(CNC(C)C)o2)cc1. The fourth-order valence-electron chi connectivity index (χ4n) is 2.03. The van der Waals surface area contributed by atoms with Gasteiger partial charge in [0.2, 0.25) is 0 Å². The van der Waals surface area contributed by atoms with Gasteiger partial charge in [-0.1, -0.05) is 31.5 Å². The van der Waals surface area contributed by atoms with Crippen LogP contribution in [0.2, 0.25) is 0 Å². The molecule has 0 aliphatic heterocycles. The Morgan fingerprint density at radius 2 is 1.70 bits per heavy atom. The summed E-state index contributed by atoms with van der Waals surface area (Å²) in [7, 11) is 2.08. The monoisotopic (exact) mass is 272 g/mol. The van der Waals surface area contributed by atoms with Crippen molar-refractivity contribution in [1.29, 1.82) is 0 Å². The van der Waals surface area contributed by atoms with Gasteiger partial charge in [-0.25, -0.2) is 0 Å². The second kappa shape index (κ2) is 6.62. The van der Waals surface area contributed by atoms with E-state index in [0.717, 1.165) is 24.6 Å². The fraction of sp³-hybridized carbons (Fsp3) is 0.412. The molecular formula is C17H24N2O. The molecule has 20 heavy (non-hydrogen) atoms. The van der Waals surface area contributed by atoms with Crippen molar-refractivity contribution >= 4 is 5.69 Å². The lowest BCUT2D eigenvalue weighted by molar-refractivity contribution is 0.434. The van der Waals surface area contributed by atoms with Crippen LogP contribution in [0.5, 0.6) is 0 Å². The van der Waals surface area contributed by atoms with Crippen LogP contribution in [0.3, 0.4) is 0 Å². The number of hydrogen-bond acceptors (Lipinski definition) is 3. The average Bonchev–Trinajstić information content (AvgIpc) is 2.84. The average molecular weight is 272 g/mol. The Morgan fingerprint density at radius 1 is 1.05 bits per heavy atom. The lowest BCUT2D eigenvalue weighted by Crippen LogP contribution is -2.21. The molecule has 1 aromatic carbocycles. The Kier molecular flexibility index (Phi) is 4.85. The Bertz CT molecular complexity index is 528. The summed E-state index contributed by atoms with van der Waals surface area (Å²) in [5, 5.41) is 3.36. The maximum atomic E-state index is 5.85.